The summed E-state index contributed by atoms with van der Waals surface area (Å²) >= 11 is 0. The molecule has 2 heterocycles. The maximum atomic E-state index is 2.48. The maximum Gasteiger partial charge on any atom is 0.0290 e. The van der Waals surface area contributed by atoms with Crippen molar-refractivity contribution < 1.29 is 0 Å². The lowest BCUT2D eigenvalue weighted by Crippen LogP contribution is -2.27. The molecule has 1 heteroatoms. The number of hydrogen-bond donors (Lipinski definition) is 0. The second-order valence-electron chi connectivity index (χ2n) is 3.57. The molecule has 56 valence electrons. The van der Waals surface area contributed by atoms with Gasteiger partial charge in [0.2, 0.25) is 0 Å². The molecular weight excluding hydrogens is 122 g/mol. The van der Waals surface area contributed by atoms with E-state index in [1.807, 2.05) is 0 Å². The van der Waals surface area contributed by atoms with Gasteiger partial charge in [-0.2, -0.15) is 0 Å². The smallest absolute Gasteiger partial charge is 0.0290 e. The highest BCUT2D eigenvalue weighted by molar-refractivity contribution is 5.19. The Labute approximate surface area is 62.7 Å². The van der Waals surface area contributed by atoms with E-state index >= 15 is 0 Å². The summed E-state index contributed by atoms with van der Waals surface area (Å²) in [5, 5.41) is 0. The summed E-state index contributed by atoms with van der Waals surface area (Å²) < 4.78 is 0. The van der Waals surface area contributed by atoms with Crippen LogP contribution in [0.1, 0.15) is 32.6 Å². The van der Waals surface area contributed by atoms with Crippen LogP contribution in [0.2, 0.25) is 0 Å². The van der Waals surface area contributed by atoms with E-state index in [4.69, 9.17) is 0 Å². The first-order valence-corrected chi connectivity index (χ1v) is 4.20. The maximum absolute atomic E-state index is 2.48. The number of rotatable bonds is 0. The normalized spacial score (nSPS) is 31.8. The lowest BCUT2D eigenvalue weighted by atomic mass is 10.0. The highest BCUT2D eigenvalue weighted by Crippen LogP contribution is 2.36. The Morgan fingerprint density at radius 3 is 2.70 bits per heavy atom. The van der Waals surface area contributed by atoms with Crippen molar-refractivity contribution in [2.24, 2.45) is 0 Å². The van der Waals surface area contributed by atoms with Gasteiger partial charge in [0, 0.05) is 18.8 Å². The summed E-state index contributed by atoms with van der Waals surface area (Å²) in [5.74, 6) is 0. The van der Waals surface area contributed by atoms with Crippen molar-refractivity contribution >= 4 is 0 Å². The van der Waals surface area contributed by atoms with E-state index in [0.717, 1.165) is 6.04 Å². The van der Waals surface area contributed by atoms with Crippen LogP contribution >= 0.6 is 0 Å². The first-order chi connectivity index (χ1) is 4.79. The van der Waals surface area contributed by atoms with Crippen LogP contribution in [0.3, 0.4) is 0 Å². The highest BCUT2D eigenvalue weighted by atomic mass is 15.2. The van der Waals surface area contributed by atoms with Crippen LogP contribution in [-0.4, -0.2) is 18.0 Å². The lowest BCUT2D eigenvalue weighted by Gasteiger charge is -2.29. The van der Waals surface area contributed by atoms with Gasteiger partial charge in [-0.15, -0.1) is 0 Å². The quantitative estimate of drug-likeness (QED) is 0.494. The number of hydrogen-bond acceptors (Lipinski definition) is 1. The average molecular weight is 137 g/mol. The van der Waals surface area contributed by atoms with Crippen molar-refractivity contribution in [2.75, 3.05) is 7.05 Å². The number of allylic oxidation sites excluding steroid dienone is 2. The monoisotopic (exact) mass is 137 g/mol. The lowest BCUT2D eigenvalue weighted by molar-refractivity contribution is 0.312. The minimum absolute atomic E-state index is 0.888. The molecule has 1 atom stereocenters. The molecule has 2 bridgehead atoms. The highest BCUT2D eigenvalue weighted by Gasteiger charge is 2.29. The van der Waals surface area contributed by atoms with Gasteiger partial charge >= 0.3 is 0 Å². The largest absolute Gasteiger partial charge is 0.375 e. The molecule has 0 aromatic rings. The molecule has 0 spiro atoms. The Morgan fingerprint density at radius 1 is 1.30 bits per heavy atom. The van der Waals surface area contributed by atoms with E-state index in [9.17, 15) is 0 Å². The Bertz CT molecular complexity index is 181. The minimum Gasteiger partial charge on any atom is -0.375 e. The average Bonchev–Trinajstić information content (AvgIpc) is 2.13. The zero-order chi connectivity index (χ0) is 7.14. The molecule has 0 radical (unpaired) electrons. The van der Waals surface area contributed by atoms with E-state index in [-0.39, 0.29) is 0 Å². The molecule has 2 aliphatic rings. The van der Waals surface area contributed by atoms with Crippen LogP contribution in [0.5, 0.6) is 0 Å². The van der Waals surface area contributed by atoms with Crippen LogP contribution in [0, 0.1) is 0 Å². The third-order valence-electron chi connectivity index (χ3n) is 3.03. The Kier molecular flexibility index (Phi) is 1.26. The van der Waals surface area contributed by atoms with Crippen LogP contribution in [0.25, 0.3) is 0 Å². The number of nitrogens with zero attached hydrogens (tertiary/aromatic N) is 1. The summed E-state index contributed by atoms with van der Waals surface area (Å²) in [7, 11) is 2.25. The van der Waals surface area contributed by atoms with Crippen LogP contribution in [0.15, 0.2) is 11.3 Å². The molecule has 1 nitrogen and oxygen atoms in total. The molecule has 2 aliphatic heterocycles. The van der Waals surface area contributed by atoms with Crippen molar-refractivity contribution in [3.05, 3.63) is 11.3 Å². The van der Waals surface area contributed by atoms with Crippen LogP contribution < -0.4 is 0 Å². The molecule has 0 aromatic carbocycles. The summed E-state index contributed by atoms with van der Waals surface area (Å²) in [4.78, 5) is 2.48. The van der Waals surface area contributed by atoms with Crippen LogP contribution in [-0.2, 0) is 0 Å². The fourth-order valence-corrected chi connectivity index (χ4v) is 2.27. The molecule has 0 amide bonds. The second-order valence-corrected chi connectivity index (χ2v) is 3.57. The molecule has 10 heavy (non-hydrogen) atoms. The Morgan fingerprint density at radius 2 is 2.00 bits per heavy atom. The van der Waals surface area contributed by atoms with Crippen LogP contribution in [0.4, 0.5) is 0 Å². The first-order valence-electron chi connectivity index (χ1n) is 4.20. The SMILES string of the molecule is CC1=C2CC[C@@H](CC1)N2C. The van der Waals surface area contributed by atoms with Crippen molar-refractivity contribution in [1.29, 1.82) is 0 Å². The summed E-state index contributed by atoms with van der Waals surface area (Å²) in [6.45, 7) is 2.29. The van der Waals surface area contributed by atoms with Crippen molar-refractivity contribution in [3.63, 3.8) is 0 Å². The minimum atomic E-state index is 0.888. The molecule has 0 N–H and O–H groups in total. The van der Waals surface area contributed by atoms with Gasteiger partial charge in [-0.05, 0) is 32.6 Å². The van der Waals surface area contributed by atoms with Gasteiger partial charge in [0.25, 0.3) is 0 Å². The summed E-state index contributed by atoms with van der Waals surface area (Å²) in [6.07, 6.45) is 5.49. The zero-order valence-corrected chi connectivity index (χ0v) is 6.85. The Balaban J connectivity index is 2.34. The van der Waals surface area contributed by atoms with Crippen molar-refractivity contribution in [2.45, 2.75) is 38.6 Å². The summed E-state index contributed by atoms with van der Waals surface area (Å²) in [5.41, 5.74) is 3.27. The third kappa shape index (κ3) is 0.695. The van der Waals surface area contributed by atoms with Crippen molar-refractivity contribution in [1.82, 2.24) is 4.90 Å². The van der Waals surface area contributed by atoms with Gasteiger partial charge in [-0.3, -0.25) is 0 Å². The van der Waals surface area contributed by atoms with Gasteiger partial charge in [-0.25, -0.2) is 0 Å². The van der Waals surface area contributed by atoms with E-state index < -0.39 is 0 Å². The topological polar surface area (TPSA) is 3.24 Å². The molecule has 2 rings (SSSR count). The zero-order valence-electron chi connectivity index (χ0n) is 6.85. The van der Waals surface area contributed by atoms with E-state index in [1.54, 1.807) is 11.3 Å². The number of fused-ring (bicyclic) bond motifs is 2. The molecule has 0 aliphatic carbocycles. The summed E-state index contributed by atoms with van der Waals surface area (Å²) in [6, 6.07) is 0.888. The van der Waals surface area contributed by atoms with Crippen molar-refractivity contribution in [3.8, 4) is 0 Å². The predicted octanol–water partition coefficient (Wildman–Crippen LogP) is 2.15. The van der Waals surface area contributed by atoms with E-state index in [1.165, 1.54) is 25.7 Å². The molecule has 1 saturated heterocycles. The first kappa shape index (κ1) is 6.26. The molecule has 0 saturated carbocycles. The fraction of sp³-hybridized carbons (Fsp3) is 0.778. The second kappa shape index (κ2) is 2.01. The molecule has 1 fully saturated rings. The molecule has 0 aromatic heterocycles. The van der Waals surface area contributed by atoms with E-state index in [0.29, 0.717) is 0 Å². The standard InChI is InChI=1S/C9H15N/c1-7-3-4-8-5-6-9(7)10(8)2/h8H,3-6H2,1-2H3/t8-/m1/s1. The third-order valence-corrected chi connectivity index (χ3v) is 3.03. The Hall–Kier alpha value is -0.460. The van der Waals surface area contributed by atoms with Gasteiger partial charge in [0.05, 0.1) is 0 Å². The van der Waals surface area contributed by atoms with Gasteiger partial charge in [0.1, 0.15) is 0 Å². The van der Waals surface area contributed by atoms with Gasteiger partial charge < -0.3 is 4.90 Å². The molecule has 0 unspecified atom stereocenters. The predicted molar refractivity (Wildman–Crippen MR) is 42.7 cm³/mol. The van der Waals surface area contributed by atoms with E-state index in [2.05, 4.69) is 18.9 Å². The fourth-order valence-electron chi connectivity index (χ4n) is 2.27. The molecular formula is C9H15N. The van der Waals surface area contributed by atoms with Gasteiger partial charge in [-0.1, -0.05) is 5.57 Å². The van der Waals surface area contributed by atoms with Gasteiger partial charge in [0.15, 0.2) is 0 Å².